The van der Waals surface area contributed by atoms with Gasteiger partial charge in [-0.25, -0.2) is 0 Å². The first-order valence-electron chi connectivity index (χ1n) is 9.12. The van der Waals surface area contributed by atoms with Crippen LogP contribution in [0.15, 0.2) is 36.4 Å². The number of hydrogen-bond donors (Lipinski definition) is 3. The Balaban J connectivity index is 2.01. The molecule has 0 saturated carbocycles. The molecule has 0 bridgehead atoms. The molecule has 3 heteroatoms. The highest BCUT2D eigenvalue weighted by Crippen LogP contribution is 2.21. The zero-order valence-electron chi connectivity index (χ0n) is 14.8. The van der Waals surface area contributed by atoms with Crippen LogP contribution in [0.3, 0.4) is 0 Å². The van der Waals surface area contributed by atoms with E-state index in [0.29, 0.717) is 6.42 Å². The number of rotatable bonds is 10. The van der Waals surface area contributed by atoms with Gasteiger partial charge in [-0.3, -0.25) is 0 Å². The highest BCUT2D eigenvalue weighted by molar-refractivity contribution is 5.83. The summed E-state index contributed by atoms with van der Waals surface area (Å²) in [6, 6.07) is 13.2. The minimum absolute atomic E-state index is 0.196. The van der Waals surface area contributed by atoms with Crippen molar-refractivity contribution in [1.29, 1.82) is 0 Å². The molecule has 0 atom stereocenters. The van der Waals surface area contributed by atoms with Crippen molar-refractivity contribution in [3.63, 3.8) is 0 Å². The van der Waals surface area contributed by atoms with Crippen molar-refractivity contribution in [1.82, 2.24) is 0 Å². The minimum Gasteiger partial charge on any atom is -0.394 e. The van der Waals surface area contributed by atoms with E-state index in [9.17, 15) is 10.2 Å². The quantitative estimate of drug-likeness (QED) is 0.584. The predicted octanol–water partition coefficient (Wildman–Crippen LogP) is 3.58. The Bertz CT molecular complexity index is 635. The molecule has 0 aliphatic heterocycles. The van der Waals surface area contributed by atoms with E-state index in [4.69, 9.17) is 5.73 Å². The largest absolute Gasteiger partial charge is 0.394 e. The highest BCUT2D eigenvalue weighted by Gasteiger charge is 2.22. The molecule has 0 fully saturated rings. The van der Waals surface area contributed by atoms with Gasteiger partial charge in [0.1, 0.15) is 0 Å². The molecule has 4 N–H and O–H groups in total. The van der Waals surface area contributed by atoms with E-state index in [-0.39, 0.29) is 13.2 Å². The van der Waals surface area contributed by atoms with Crippen molar-refractivity contribution in [2.75, 3.05) is 13.2 Å². The molecule has 0 heterocycles. The summed E-state index contributed by atoms with van der Waals surface area (Å²) in [6.07, 6.45) is 7.65. The van der Waals surface area contributed by atoms with Crippen LogP contribution < -0.4 is 5.73 Å². The summed E-state index contributed by atoms with van der Waals surface area (Å²) in [7, 11) is 0. The van der Waals surface area contributed by atoms with E-state index in [0.717, 1.165) is 12.8 Å². The Kier molecular flexibility index (Phi) is 7.22. The molecule has 2 rings (SSSR count). The molecule has 2 aromatic carbocycles. The van der Waals surface area contributed by atoms with Crippen molar-refractivity contribution in [3.05, 3.63) is 47.5 Å². The fourth-order valence-electron chi connectivity index (χ4n) is 3.01. The molecule has 0 unspecified atom stereocenters. The minimum atomic E-state index is -0.892. The fraction of sp³-hybridized carbons (Fsp3) is 0.524. The first kappa shape index (κ1) is 18.9. The first-order valence-corrected chi connectivity index (χ1v) is 9.12. The average Bonchev–Trinajstić information content (AvgIpc) is 2.63. The Labute approximate surface area is 145 Å². The molecule has 0 aliphatic carbocycles. The van der Waals surface area contributed by atoms with Gasteiger partial charge in [0.2, 0.25) is 0 Å². The topological polar surface area (TPSA) is 66.5 Å². The summed E-state index contributed by atoms with van der Waals surface area (Å²) < 4.78 is 0. The fourth-order valence-corrected chi connectivity index (χ4v) is 3.01. The van der Waals surface area contributed by atoms with E-state index in [1.54, 1.807) is 0 Å². The van der Waals surface area contributed by atoms with E-state index in [1.807, 2.05) is 0 Å². The van der Waals surface area contributed by atoms with Gasteiger partial charge in [-0.05, 0) is 47.6 Å². The number of aryl methyl sites for hydroxylation is 2. The van der Waals surface area contributed by atoms with Crippen LogP contribution in [0.25, 0.3) is 10.8 Å². The second-order valence-electron chi connectivity index (χ2n) is 7.01. The van der Waals surface area contributed by atoms with Gasteiger partial charge in [-0.2, -0.15) is 0 Å². The Morgan fingerprint density at radius 2 is 1.42 bits per heavy atom. The van der Waals surface area contributed by atoms with Gasteiger partial charge < -0.3 is 15.9 Å². The third-order valence-corrected chi connectivity index (χ3v) is 4.83. The maximum atomic E-state index is 9.29. The molecule has 0 aromatic heterocycles. The van der Waals surface area contributed by atoms with Gasteiger partial charge in [0, 0.05) is 0 Å². The van der Waals surface area contributed by atoms with Crippen molar-refractivity contribution in [2.45, 2.75) is 57.4 Å². The number of nitrogens with two attached hydrogens (primary N) is 1. The summed E-state index contributed by atoms with van der Waals surface area (Å²) >= 11 is 0. The standard InChI is InChI=1S/C21H31NO2/c1-2-3-4-5-6-17-7-9-20-14-18(8-10-19(20)13-17)11-12-21(22,15-23)16-24/h7-10,13-14,23-24H,2-6,11-12,15-16,22H2,1H3. The van der Waals surface area contributed by atoms with Gasteiger partial charge in [-0.1, -0.05) is 62.6 Å². The first-order chi connectivity index (χ1) is 11.6. The van der Waals surface area contributed by atoms with Gasteiger partial charge in [0.15, 0.2) is 0 Å². The molecule has 0 radical (unpaired) electrons. The summed E-state index contributed by atoms with van der Waals surface area (Å²) in [6.45, 7) is 1.85. The van der Waals surface area contributed by atoms with Gasteiger partial charge in [-0.15, -0.1) is 0 Å². The lowest BCUT2D eigenvalue weighted by Crippen LogP contribution is -2.47. The van der Waals surface area contributed by atoms with E-state index < -0.39 is 5.54 Å². The van der Waals surface area contributed by atoms with Crippen LogP contribution >= 0.6 is 0 Å². The third kappa shape index (κ3) is 5.30. The third-order valence-electron chi connectivity index (χ3n) is 4.83. The summed E-state index contributed by atoms with van der Waals surface area (Å²) in [4.78, 5) is 0. The van der Waals surface area contributed by atoms with Crippen molar-refractivity contribution in [3.8, 4) is 0 Å². The summed E-state index contributed by atoms with van der Waals surface area (Å²) in [5, 5.41) is 21.1. The van der Waals surface area contributed by atoms with Crippen LogP contribution in [0.2, 0.25) is 0 Å². The van der Waals surface area contributed by atoms with Crippen LogP contribution in [0, 0.1) is 0 Å². The normalized spacial score (nSPS) is 12.0. The molecule has 0 spiro atoms. The van der Waals surface area contributed by atoms with Crippen molar-refractivity contribution < 1.29 is 10.2 Å². The number of benzene rings is 2. The average molecular weight is 329 g/mol. The summed E-state index contributed by atoms with van der Waals surface area (Å²) in [5.74, 6) is 0. The van der Waals surface area contributed by atoms with Crippen molar-refractivity contribution >= 4 is 10.8 Å². The zero-order chi connectivity index (χ0) is 17.4. The molecule has 24 heavy (non-hydrogen) atoms. The summed E-state index contributed by atoms with van der Waals surface area (Å²) in [5.41, 5.74) is 7.65. The lowest BCUT2D eigenvalue weighted by atomic mass is 9.93. The maximum Gasteiger partial charge on any atom is 0.0633 e. The lowest BCUT2D eigenvalue weighted by Gasteiger charge is -2.24. The Morgan fingerprint density at radius 3 is 1.96 bits per heavy atom. The van der Waals surface area contributed by atoms with Crippen molar-refractivity contribution in [2.24, 2.45) is 5.73 Å². The number of hydrogen-bond acceptors (Lipinski definition) is 3. The molecule has 0 amide bonds. The molecular weight excluding hydrogens is 298 g/mol. The molecular formula is C21H31NO2. The van der Waals surface area contributed by atoms with Gasteiger partial charge in [0.05, 0.1) is 18.8 Å². The van der Waals surface area contributed by atoms with Crippen LogP contribution in [0.4, 0.5) is 0 Å². The number of aliphatic hydroxyl groups excluding tert-OH is 2. The SMILES string of the molecule is CCCCCCc1ccc2cc(CCC(N)(CO)CO)ccc2c1. The van der Waals surface area contributed by atoms with Crippen LogP contribution in [-0.4, -0.2) is 29.0 Å². The molecule has 2 aromatic rings. The number of aliphatic hydroxyl groups is 2. The Hall–Kier alpha value is -1.42. The van der Waals surface area contributed by atoms with Gasteiger partial charge >= 0.3 is 0 Å². The Morgan fingerprint density at radius 1 is 0.833 bits per heavy atom. The smallest absolute Gasteiger partial charge is 0.0633 e. The lowest BCUT2D eigenvalue weighted by molar-refractivity contribution is 0.115. The monoisotopic (exact) mass is 329 g/mol. The van der Waals surface area contributed by atoms with E-state index in [1.165, 1.54) is 47.6 Å². The van der Waals surface area contributed by atoms with Crippen LogP contribution in [0.5, 0.6) is 0 Å². The second-order valence-corrected chi connectivity index (χ2v) is 7.01. The van der Waals surface area contributed by atoms with Crippen LogP contribution in [-0.2, 0) is 12.8 Å². The molecule has 0 aliphatic rings. The molecule has 0 saturated heterocycles. The van der Waals surface area contributed by atoms with E-state index in [2.05, 4.69) is 43.3 Å². The predicted molar refractivity (Wildman–Crippen MR) is 101 cm³/mol. The van der Waals surface area contributed by atoms with Gasteiger partial charge in [0.25, 0.3) is 0 Å². The number of fused-ring (bicyclic) bond motifs is 1. The van der Waals surface area contributed by atoms with E-state index >= 15 is 0 Å². The second kappa shape index (κ2) is 9.16. The number of unbranched alkanes of at least 4 members (excludes halogenated alkanes) is 3. The molecule has 132 valence electrons. The highest BCUT2D eigenvalue weighted by atomic mass is 16.3. The maximum absolute atomic E-state index is 9.29. The molecule has 3 nitrogen and oxygen atoms in total. The van der Waals surface area contributed by atoms with Crippen LogP contribution in [0.1, 0.15) is 50.2 Å². The zero-order valence-corrected chi connectivity index (χ0v) is 14.8.